The molecule has 0 aliphatic heterocycles. The summed E-state index contributed by atoms with van der Waals surface area (Å²) in [5.41, 5.74) is 0.905. The van der Waals surface area contributed by atoms with E-state index in [1.54, 1.807) is 0 Å². The van der Waals surface area contributed by atoms with Crippen LogP contribution >= 0.6 is 0 Å². The van der Waals surface area contributed by atoms with E-state index in [0.29, 0.717) is 18.6 Å². The van der Waals surface area contributed by atoms with Crippen LogP contribution in [0.15, 0.2) is 30.3 Å². The first-order valence-electron chi connectivity index (χ1n) is 8.07. The van der Waals surface area contributed by atoms with Crippen molar-refractivity contribution in [2.45, 2.75) is 44.8 Å². The fraction of sp³-hybridized carbons (Fsp3) is 0.588. The van der Waals surface area contributed by atoms with Crippen molar-refractivity contribution >= 4 is 6.03 Å². The molecule has 1 aromatic carbocycles. The number of urea groups is 1. The van der Waals surface area contributed by atoms with Gasteiger partial charge in [0.05, 0.1) is 12.6 Å². The van der Waals surface area contributed by atoms with Gasteiger partial charge in [0.1, 0.15) is 0 Å². The maximum atomic E-state index is 12.0. The fourth-order valence-corrected chi connectivity index (χ4v) is 2.70. The van der Waals surface area contributed by atoms with Gasteiger partial charge >= 0.3 is 6.03 Å². The lowest BCUT2D eigenvalue weighted by Gasteiger charge is -2.26. The van der Waals surface area contributed by atoms with Gasteiger partial charge in [-0.1, -0.05) is 30.3 Å². The largest absolute Gasteiger partial charge is 0.394 e. The standard InChI is InChI=1S/C17H27N3O2/c1-13(2)20(15-8-9-15)11-10-18-17(22)19-16(12-21)14-6-4-3-5-7-14/h3-7,13,15-16,21H,8-12H2,1-2H3,(H2,18,19,22). The van der Waals surface area contributed by atoms with Crippen molar-refractivity contribution in [2.75, 3.05) is 19.7 Å². The Morgan fingerprint density at radius 2 is 2.00 bits per heavy atom. The molecule has 0 bridgehead atoms. The molecule has 0 spiro atoms. The second-order valence-electron chi connectivity index (χ2n) is 6.11. The summed E-state index contributed by atoms with van der Waals surface area (Å²) < 4.78 is 0. The van der Waals surface area contributed by atoms with Crippen molar-refractivity contribution in [1.82, 2.24) is 15.5 Å². The van der Waals surface area contributed by atoms with Crippen molar-refractivity contribution in [1.29, 1.82) is 0 Å². The second kappa shape index (κ2) is 8.15. The molecule has 1 unspecified atom stereocenters. The Labute approximate surface area is 132 Å². The van der Waals surface area contributed by atoms with E-state index in [4.69, 9.17) is 0 Å². The molecule has 22 heavy (non-hydrogen) atoms. The predicted molar refractivity (Wildman–Crippen MR) is 87.7 cm³/mol. The number of hydrogen-bond acceptors (Lipinski definition) is 3. The third-order valence-corrected chi connectivity index (χ3v) is 4.02. The summed E-state index contributed by atoms with van der Waals surface area (Å²) in [6, 6.07) is 10.1. The molecule has 2 amide bonds. The van der Waals surface area contributed by atoms with Crippen LogP contribution in [0.1, 0.15) is 38.3 Å². The molecule has 0 aromatic heterocycles. The molecule has 5 nitrogen and oxygen atoms in total. The van der Waals surface area contributed by atoms with Crippen molar-refractivity contribution in [3.05, 3.63) is 35.9 Å². The number of aliphatic hydroxyl groups excluding tert-OH is 1. The lowest BCUT2D eigenvalue weighted by Crippen LogP contribution is -2.44. The number of benzene rings is 1. The number of carbonyl (C=O) groups excluding carboxylic acids is 1. The van der Waals surface area contributed by atoms with Crippen molar-refractivity contribution in [2.24, 2.45) is 0 Å². The van der Waals surface area contributed by atoms with E-state index >= 15 is 0 Å². The molecule has 1 aliphatic rings. The zero-order valence-corrected chi connectivity index (χ0v) is 13.5. The molecular weight excluding hydrogens is 278 g/mol. The summed E-state index contributed by atoms with van der Waals surface area (Å²) in [6.07, 6.45) is 2.54. The van der Waals surface area contributed by atoms with Gasteiger partial charge in [-0.3, -0.25) is 4.90 Å². The van der Waals surface area contributed by atoms with Crippen LogP contribution in [0.5, 0.6) is 0 Å². The lowest BCUT2D eigenvalue weighted by atomic mass is 10.1. The van der Waals surface area contributed by atoms with Gasteiger partial charge in [0, 0.05) is 25.2 Å². The van der Waals surface area contributed by atoms with E-state index < -0.39 is 0 Å². The molecule has 122 valence electrons. The maximum absolute atomic E-state index is 12.0. The topological polar surface area (TPSA) is 64.6 Å². The highest BCUT2D eigenvalue weighted by Gasteiger charge is 2.30. The number of hydrogen-bond donors (Lipinski definition) is 3. The van der Waals surface area contributed by atoms with Crippen LogP contribution in [0.4, 0.5) is 4.79 Å². The molecule has 1 aliphatic carbocycles. The number of amides is 2. The third-order valence-electron chi connectivity index (χ3n) is 4.02. The fourth-order valence-electron chi connectivity index (χ4n) is 2.70. The highest BCUT2D eigenvalue weighted by molar-refractivity contribution is 5.74. The SMILES string of the molecule is CC(C)N(CCNC(=O)NC(CO)c1ccccc1)C1CC1. The zero-order valence-electron chi connectivity index (χ0n) is 13.5. The van der Waals surface area contributed by atoms with Gasteiger partial charge in [0.25, 0.3) is 0 Å². The van der Waals surface area contributed by atoms with Gasteiger partial charge in [-0.25, -0.2) is 4.79 Å². The quantitative estimate of drug-likeness (QED) is 0.687. The summed E-state index contributed by atoms with van der Waals surface area (Å²) in [5.74, 6) is 0. The Morgan fingerprint density at radius 1 is 1.32 bits per heavy atom. The minimum Gasteiger partial charge on any atom is -0.394 e. The highest BCUT2D eigenvalue weighted by Crippen LogP contribution is 2.27. The Morgan fingerprint density at radius 3 is 2.55 bits per heavy atom. The summed E-state index contributed by atoms with van der Waals surface area (Å²) in [6.45, 7) is 5.75. The molecule has 0 saturated heterocycles. The van der Waals surface area contributed by atoms with E-state index in [0.717, 1.165) is 12.1 Å². The highest BCUT2D eigenvalue weighted by atomic mass is 16.3. The average molecular weight is 305 g/mol. The van der Waals surface area contributed by atoms with Crippen LogP contribution in [-0.4, -0.2) is 47.8 Å². The lowest BCUT2D eigenvalue weighted by molar-refractivity contribution is 0.201. The molecule has 1 atom stereocenters. The second-order valence-corrected chi connectivity index (χ2v) is 6.11. The summed E-state index contributed by atoms with van der Waals surface area (Å²) in [4.78, 5) is 14.4. The van der Waals surface area contributed by atoms with Gasteiger partial charge in [0.2, 0.25) is 0 Å². The number of carbonyl (C=O) groups is 1. The van der Waals surface area contributed by atoms with Gasteiger partial charge in [-0.05, 0) is 32.3 Å². The summed E-state index contributed by atoms with van der Waals surface area (Å²) in [7, 11) is 0. The van der Waals surface area contributed by atoms with E-state index in [2.05, 4.69) is 29.4 Å². The molecule has 1 fully saturated rings. The molecule has 3 N–H and O–H groups in total. The number of nitrogens with zero attached hydrogens (tertiary/aromatic N) is 1. The molecule has 1 saturated carbocycles. The van der Waals surface area contributed by atoms with E-state index in [1.807, 2.05) is 30.3 Å². The monoisotopic (exact) mass is 305 g/mol. The molecule has 2 rings (SSSR count). The Balaban J connectivity index is 1.75. The molecule has 1 aromatic rings. The molecular formula is C17H27N3O2. The third kappa shape index (κ3) is 5.00. The van der Waals surface area contributed by atoms with Crippen LogP contribution in [-0.2, 0) is 0 Å². The first-order valence-corrected chi connectivity index (χ1v) is 8.07. The maximum Gasteiger partial charge on any atom is 0.315 e. The van der Waals surface area contributed by atoms with E-state index in [-0.39, 0.29) is 18.7 Å². The van der Waals surface area contributed by atoms with Gasteiger partial charge < -0.3 is 15.7 Å². The van der Waals surface area contributed by atoms with E-state index in [9.17, 15) is 9.90 Å². The summed E-state index contributed by atoms with van der Waals surface area (Å²) in [5, 5.41) is 15.1. The van der Waals surface area contributed by atoms with Crippen LogP contribution in [0, 0.1) is 0 Å². The number of aliphatic hydroxyl groups is 1. The smallest absolute Gasteiger partial charge is 0.315 e. The van der Waals surface area contributed by atoms with Crippen LogP contribution in [0.3, 0.4) is 0 Å². The number of rotatable bonds is 8. The summed E-state index contributed by atoms with van der Waals surface area (Å²) >= 11 is 0. The Bertz CT molecular complexity index is 458. The minimum atomic E-state index is -0.370. The Hall–Kier alpha value is -1.59. The Kier molecular flexibility index (Phi) is 6.21. The molecule has 0 heterocycles. The average Bonchev–Trinajstić information content (AvgIpc) is 3.34. The van der Waals surface area contributed by atoms with Crippen molar-refractivity contribution in [3.8, 4) is 0 Å². The first kappa shape index (κ1) is 16.8. The normalized spacial score (nSPS) is 15.9. The van der Waals surface area contributed by atoms with Crippen molar-refractivity contribution < 1.29 is 9.90 Å². The van der Waals surface area contributed by atoms with Gasteiger partial charge in [-0.2, -0.15) is 0 Å². The molecule has 5 heteroatoms. The van der Waals surface area contributed by atoms with Crippen LogP contribution in [0.25, 0.3) is 0 Å². The minimum absolute atomic E-state index is 0.113. The van der Waals surface area contributed by atoms with Crippen LogP contribution in [0.2, 0.25) is 0 Å². The van der Waals surface area contributed by atoms with Gasteiger partial charge in [-0.15, -0.1) is 0 Å². The number of nitrogens with one attached hydrogen (secondary N) is 2. The van der Waals surface area contributed by atoms with Crippen LogP contribution < -0.4 is 10.6 Å². The predicted octanol–water partition coefficient (Wildman–Crippen LogP) is 1.89. The zero-order chi connectivity index (χ0) is 15.9. The first-order chi connectivity index (χ1) is 10.6. The molecule has 0 radical (unpaired) electrons. The van der Waals surface area contributed by atoms with Crippen molar-refractivity contribution in [3.63, 3.8) is 0 Å². The van der Waals surface area contributed by atoms with E-state index in [1.165, 1.54) is 12.8 Å². The van der Waals surface area contributed by atoms with Gasteiger partial charge in [0.15, 0.2) is 0 Å².